The van der Waals surface area contributed by atoms with Crippen LogP contribution in [0.15, 0.2) is 18.2 Å². The van der Waals surface area contributed by atoms with Gasteiger partial charge in [-0.05, 0) is 25.0 Å². The quantitative estimate of drug-likeness (QED) is 0.856. The summed E-state index contributed by atoms with van der Waals surface area (Å²) in [6, 6.07) is 5.93. The van der Waals surface area contributed by atoms with Crippen LogP contribution < -0.4 is 5.32 Å². The number of esters is 1. The molecule has 0 aliphatic heterocycles. The van der Waals surface area contributed by atoms with Crippen molar-refractivity contribution in [3.8, 4) is 6.07 Å². The molecule has 1 fully saturated rings. The number of ether oxygens (including phenoxy) is 1. The summed E-state index contributed by atoms with van der Waals surface area (Å²) in [5.41, 5.74) is -1.31. The molecule has 1 saturated carbocycles. The number of hydrogen-bond acceptors (Lipinski definition) is 4. The Morgan fingerprint density at radius 1 is 1.35 bits per heavy atom. The Morgan fingerprint density at radius 3 is 2.65 bits per heavy atom. The van der Waals surface area contributed by atoms with Gasteiger partial charge < -0.3 is 10.1 Å². The molecular weight excluding hydrogens is 323 g/mol. The van der Waals surface area contributed by atoms with Crippen LogP contribution in [0.1, 0.15) is 42.5 Å². The number of benzene rings is 1. The second kappa shape index (κ2) is 7.42. The van der Waals surface area contributed by atoms with Crippen molar-refractivity contribution in [1.29, 1.82) is 5.26 Å². The lowest BCUT2D eigenvalue weighted by molar-refractivity contribution is -0.125. The minimum atomic E-state index is -1.02. The number of nitrogens with zero attached hydrogens (tertiary/aromatic N) is 1. The first kappa shape index (κ1) is 17.2. The van der Waals surface area contributed by atoms with Crippen LogP contribution in [0.2, 0.25) is 5.02 Å². The van der Waals surface area contributed by atoms with E-state index in [0.717, 1.165) is 25.3 Å². The second-order valence-corrected chi connectivity index (χ2v) is 5.88. The standard InChI is InChI=1S/C16H16ClFN2O3/c17-11-5-4-6-12(18)14(11)15(22)23-9-13(21)20-16(10-19)7-2-1-3-8-16/h4-6H,1-3,7-9H2,(H,20,21). The average molecular weight is 339 g/mol. The first-order valence-corrected chi connectivity index (χ1v) is 7.69. The van der Waals surface area contributed by atoms with Crippen molar-refractivity contribution in [2.45, 2.75) is 37.6 Å². The molecule has 0 spiro atoms. The van der Waals surface area contributed by atoms with Crippen molar-refractivity contribution in [2.24, 2.45) is 0 Å². The lowest BCUT2D eigenvalue weighted by atomic mass is 9.83. The fourth-order valence-electron chi connectivity index (χ4n) is 2.62. The fraction of sp³-hybridized carbons (Fsp3) is 0.438. The highest BCUT2D eigenvalue weighted by molar-refractivity contribution is 6.33. The van der Waals surface area contributed by atoms with Crippen LogP contribution in [0.25, 0.3) is 0 Å². The lowest BCUT2D eigenvalue weighted by Crippen LogP contribution is -2.50. The van der Waals surface area contributed by atoms with Gasteiger partial charge in [0.15, 0.2) is 6.61 Å². The third-order valence-electron chi connectivity index (χ3n) is 3.80. The van der Waals surface area contributed by atoms with Gasteiger partial charge in [0.2, 0.25) is 0 Å². The van der Waals surface area contributed by atoms with E-state index >= 15 is 0 Å². The van der Waals surface area contributed by atoms with Gasteiger partial charge >= 0.3 is 5.97 Å². The van der Waals surface area contributed by atoms with Crippen LogP contribution in [0.3, 0.4) is 0 Å². The summed E-state index contributed by atoms with van der Waals surface area (Å²) < 4.78 is 18.4. The van der Waals surface area contributed by atoms with Gasteiger partial charge in [-0.25, -0.2) is 9.18 Å². The second-order valence-electron chi connectivity index (χ2n) is 5.48. The Balaban J connectivity index is 1.94. The Morgan fingerprint density at radius 2 is 2.04 bits per heavy atom. The topological polar surface area (TPSA) is 79.2 Å². The predicted octanol–water partition coefficient (Wildman–Crippen LogP) is 2.98. The number of rotatable bonds is 4. The third-order valence-corrected chi connectivity index (χ3v) is 4.12. The van der Waals surface area contributed by atoms with Gasteiger partial charge in [-0.15, -0.1) is 0 Å². The highest BCUT2D eigenvalue weighted by Gasteiger charge is 2.33. The fourth-order valence-corrected chi connectivity index (χ4v) is 2.86. The van der Waals surface area contributed by atoms with Gasteiger partial charge in [0.1, 0.15) is 16.9 Å². The number of hydrogen-bond donors (Lipinski definition) is 1. The van der Waals surface area contributed by atoms with Crippen molar-refractivity contribution in [1.82, 2.24) is 5.32 Å². The Labute approximate surface area is 138 Å². The van der Waals surface area contributed by atoms with Crippen LogP contribution in [0.4, 0.5) is 4.39 Å². The summed E-state index contributed by atoms with van der Waals surface area (Å²) in [4.78, 5) is 23.8. The summed E-state index contributed by atoms with van der Waals surface area (Å²) in [5, 5.41) is 11.8. The average Bonchev–Trinajstić information content (AvgIpc) is 2.53. The first-order chi connectivity index (χ1) is 11.0. The summed E-state index contributed by atoms with van der Waals surface area (Å²) in [7, 11) is 0. The number of nitrogens with one attached hydrogen (secondary N) is 1. The number of carbonyl (C=O) groups is 2. The molecule has 7 heteroatoms. The number of carbonyl (C=O) groups excluding carboxylic acids is 2. The largest absolute Gasteiger partial charge is 0.452 e. The zero-order valence-electron chi connectivity index (χ0n) is 12.4. The lowest BCUT2D eigenvalue weighted by Gasteiger charge is -2.31. The molecule has 2 rings (SSSR count). The van der Waals surface area contributed by atoms with Crippen LogP contribution in [-0.4, -0.2) is 24.0 Å². The zero-order valence-corrected chi connectivity index (χ0v) is 13.2. The van der Waals surface area contributed by atoms with E-state index in [4.69, 9.17) is 16.3 Å². The van der Waals surface area contributed by atoms with Gasteiger partial charge in [-0.1, -0.05) is 36.9 Å². The molecule has 0 unspecified atom stereocenters. The van der Waals surface area contributed by atoms with Crippen molar-refractivity contribution >= 4 is 23.5 Å². The first-order valence-electron chi connectivity index (χ1n) is 7.31. The van der Waals surface area contributed by atoms with E-state index in [9.17, 15) is 19.2 Å². The minimum Gasteiger partial charge on any atom is -0.452 e. The number of amides is 1. The molecule has 1 aromatic carbocycles. The van der Waals surface area contributed by atoms with E-state index in [0.29, 0.717) is 12.8 Å². The van der Waals surface area contributed by atoms with Gasteiger partial charge in [0, 0.05) is 0 Å². The molecule has 1 aliphatic rings. The Kier molecular flexibility index (Phi) is 5.56. The van der Waals surface area contributed by atoms with Crippen molar-refractivity contribution in [3.63, 3.8) is 0 Å². The van der Waals surface area contributed by atoms with Gasteiger partial charge in [0.05, 0.1) is 11.1 Å². The van der Waals surface area contributed by atoms with Crippen molar-refractivity contribution in [2.75, 3.05) is 6.61 Å². The molecule has 0 saturated heterocycles. The number of nitriles is 1. The van der Waals surface area contributed by atoms with E-state index in [-0.39, 0.29) is 5.02 Å². The van der Waals surface area contributed by atoms with E-state index in [1.54, 1.807) is 0 Å². The summed E-state index contributed by atoms with van der Waals surface area (Å²) in [6.45, 7) is -0.590. The van der Waals surface area contributed by atoms with E-state index in [2.05, 4.69) is 11.4 Å². The Hall–Kier alpha value is -2.13. The maximum atomic E-state index is 13.6. The van der Waals surface area contributed by atoms with Crippen LogP contribution >= 0.6 is 11.6 Å². The molecular formula is C16H16ClFN2O3. The van der Waals surface area contributed by atoms with Gasteiger partial charge in [0.25, 0.3) is 5.91 Å². The van der Waals surface area contributed by atoms with Crippen LogP contribution in [0, 0.1) is 17.1 Å². The highest BCUT2D eigenvalue weighted by atomic mass is 35.5. The smallest absolute Gasteiger partial charge is 0.343 e. The molecule has 5 nitrogen and oxygen atoms in total. The van der Waals surface area contributed by atoms with Gasteiger partial charge in [-0.3, -0.25) is 4.79 Å². The van der Waals surface area contributed by atoms with Crippen molar-refractivity contribution < 1.29 is 18.7 Å². The van der Waals surface area contributed by atoms with Crippen molar-refractivity contribution in [3.05, 3.63) is 34.6 Å². The molecule has 0 atom stereocenters. The molecule has 1 aromatic rings. The zero-order chi connectivity index (χ0) is 16.9. The minimum absolute atomic E-state index is 0.0869. The summed E-state index contributed by atoms with van der Waals surface area (Å²) in [5.74, 6) is -2.42. The molecule has 1 amide bonds. The molecule has 1 N–H and O–H groups in total. The number of halogens is 2. The molecule has 122 valence electrons. The Bertz CT molecular complexity index is 631. The molecule has 0 radical (unpaired) electrons. The van der Waals surface area contributed by atoms with Gasteiger partial charge in [-0.2, -0.15) is 5.26 Å². The third kappa shape index (κ3) is 4.20. The maximum absolute atomic E-state index is 13.6. The molecule has 0 heterocycles. The summed E-state index contributed by atoms with van der Waals surface area (Å²) in [6.07, 6.45) is 3.89. The monoisotopic (exact) mass is 338 g/mol. The van der Waals surface area contributed by atoms with E-state index < -0.39 is 35.4 Å². The highest BCUT2D eigenvalue weighted by Crippen LogP contribution is 2.27. The molecule has 0 bridgehead atoms. The van der Waals surface area contributed by atoms with Crippen LogP contribution in [0.5, 0.6) is 0 Å². The normalized spacial score (nSPS) is 16.2. The summed E-state index contributed by atoms with van der Waals surface area (Å²) >= 11 is 5.76. The van der Waals surface area contributed by atoms with E-state index in [1.165, 1.54) is 12.1 Å². The van der Waals surface area contributed by atoms with E-state index in [1.807, 2.05) is 0 Å². The predicted molar refractivity (Wildman–Crippen MR) is 81.3 cm³/mol. The SMILES string of the molecule is N#CC1(NC(=O)COC(=O)c2c(F)cccc2Cl)CCCCC1. The molecule has 1 aliphatic carbocycles. The maximum Gasteiger partial charge on any atom is 0.343 e. The molecule has 23 heavy (non-hydrogen) atoms. The van der Waals surface area contributed by atoms with Crippen LogP contribution in [-0.2, 0) is 9.53 Å². The molecule has 0 aromatic heterocycles.